The number of rotatable bonds is 2. The number of hydrogen-bond donors (Lipinski definition) is 1. The van der Waals surface area contributed by atoms with E-state index in [1.54, 1.807) is 4.90 Å². The molecule has 0 spiro atoms. The number of carbonyl (C=O) groups excluding carboxylic acids is 1. The number of amides is 1. The number of nitrogens with zero attached hydrogens (tertiary/aromatic N) is 1. The summed E-state index contributed by atoms with van der Waals surface area (Å²) in [6.07, 6.45) is -0.282. The number of carbonyl (C=O) groups is 1. The summed E-state index contributed by atoms with van der Waals surface area (Å²) >= 11 is 0. The van der Waals surface area contributed by atoms with Crippen molar-refractivity contribution in [1.82, 2.24) is 4.90 Å². The van der Waals surface area contributed by atoms with Crippen LogP contribution in [-0.4, -0.2) is 35.9 Å². The number of cyclic esters (lactones) is 1. The molecule has 1 aliphatic rings. The average Bonchev–Trinajstić information content (AvgIpc) is 2.74. The number of benzene rings is 1. The number of aliphatic hydroxyl groups excluding tert-OH is 1. The molecule has 1 fully saturated rings. The summed E-state index contributed by atoms with van der Waals surface area (Å²) in [6, 6.07) is 7.58. The fourth-order valence-corrected chi connectivity index (χ4v) is 1.69. The standard InChI is InChI=1S/C13H13NO3/c15-8-3-6-11-4-1-2-5-12(11)10-14-7-9-17-13(14)16/h1-2,4-5,15H,7-10H2. The Morgan fingerprint density at radius 3 is 2.94 bits per heavy atom. The van der Waals surface area contributed by atoms with E-state index in [9.17, 15) is 4.79 Å². The zero-order chi connectivity index (χ0) is 12.1. The average molecular weight is 231 g/mol. The summed E-state index contributed by atoms with van der Waals surface area (Å²) < 4.78 is 4.87. The van der Waals surface area contributed by atoms with Gasteiger partial charge < -0.3 is 14.7 Å². The van der Waals surface area contributed by atoms with Crippen molar-refractivity contribution in [3.63, 3.8) is 0 Å². The van der Waals surface area contributed by atoms with Crippen LogP contribution in [0.15, 0.2) is 24.3 Å². The van der Waals surface area contributed by atoms with Gasteiger partial charge >= 0.3 is 6.09 Å². The summed E-state index contributed by atoms with van der Waals surface area (Å²) in [7, 11) is 0. The Bertz CT molecular complexity index is 473. The van der Waals surface area contributed by atoms with Crippen LogP contribution in [0, 0.1) is 11.8 Å². The molecule has 1 N–H and O–H groups in total. The van der Waals surface area contributed by atoms with Crippen molar-refractivity contribution >= 4 is 6.09 Å². The molecule has 4 nitrogen and oxygen atoms in total. The van der Waals surface area contributed by atoms with Crippen molar-refractivity contribution in [3.8, 4) is 11.8 Å². The van der Waals surface area contributed by atoms with Gasteiger partial charge in [0.1, 0.15) is 13.2 Å². The lowest BCUT2D eigenvalue weighted by Crippen LogP contribution is -2.23. The molecule has 1 aromatic rings. The van der Waals surface area contributed by atoms with Crippen LogP contribution in [0.2, 0.25) is 0 Å². The first-order valence-corrected chi connectivity index (χ1v) is 5.40. The van der Waals surface area contributed by atoms with Crippen LogP contribution in [0.5, 0.6) is 0 Å². The molecule has 17 heavy (non-hydrogen) atoms. The third-order valence-corrected chi connectivity index (χ3v) is 2.53. The van der Waals surface area contributed by atoms with E-state index in [-0.39, 0.29) is 12.7 Å². The largest absolute Gasteiger partial charge is 0.448 e. The maximum absolute atomic E-state index is 11.3. The monoisotopic (exact) mass is 231 g/mol. The van der Waals surface area contributed by atoms with Gasteiger partial charge in [0.25, 0.3) is 0 Å². The zero-order valence-corrected chi connectivity index (χ0v) is 9.35. The van der Waals surface area contributed by atoms with Crippen LogP contribution >= 0.6 is 0 Å². The molecule has 2 rings (SSSR count). The van der Waals surface area contributed by atoms with Gasteiger partial charge in [-0.3, -0.25) is 0 Å². The SMILES string of the molecule is O=C1OCCN1Cc1ccccc1C#CCO. The second kappa shape index (κ2) is 5.37. The maximum atomic E-state index is 11.3. The predicted octanol–water partition coefficient (Wildman–Crippen LogP) is 0.983. The van der Waals surface area contributed by atoms with Crippen molar-refractivity contribution < 1.29 is 14.6 Å². The molecule has 4 heteroatoms. The highest BCUT2D eigenvalue weighted by molar-refractivity contribution is 5.69. The Morgan fingerprint density at radius 1 is 1.41 bits per heavy atom. The van der Waals surface area contributed by atoms with Gasteiger partial charge in [-0.05, 0) is 11.6 Å². The van der Waals surface area contributed by atoms with E-state index >= 15 is 0 Å². The number of aliphatic hydroxyl groups is 1. The van der Waals surface area contributed by atoms with Gasteiger partial charge in [0, 0.05) is 5.56 Å². The molecule has 1 heterocycles. The molecule has 0 aromatic heterocycles. The smallest absolute Gasteiger partial charge is 0.410 e. The highest BCUT2D eigenvalue weighted by Gasteiger charge is 2.22. The van der Waals surface area contributed by atoms with Crippen LogP contribution in [0.4, 0.5) is 4.79 Å². The number of ether oxygens (including phenoxy) is 1. The highest BCUT2D eigenvalue weighted by atomic mass is 16.6. The summed E-state index contributed by atoms with van der Waals surface area (Å²) in [5.74, 6) is 5.48. The minimum atomic E-state index is -0.282. The third-order valence-electron chi connectivity index (χ3n) is 2.53. The van der Waals surface area contributed by atoms with Gasteiger partial charge in [-0.2, -0.15) is 0 Å². The van der Waals surface area contributed by atoms with Crippen molar-refractivity contribution in [2.24, 2.45) is 0 Å². The molecule has 0 bridgehead atoms. The lowest BCUT2D eigenvalue weighted by atomic mass is 10.1. The van der Waals surface area contributed by atoms with Gasteiger partial charge in [-0.25, -0.2) is 4.79 Å². The summed E-state index contributed by atoms with van der Waals surface area (Å²) in [4.78, 5) is 13.0. The van der Waals surface area contributed by atoms with E-state index in [4.69, 9.17) is 9.84 Å². The first-order valence-electron chi connectivity index (χ1n) is 5.40. The second-order valence-electron chi connectivity index (χ2n) is 3.65. The Labute approximate surface area is 99.8 Å². The van der Waals surface area contributed by atoms with E-state index < -0.39 is 0 Å². The fraction of sp³-hybridized carbons (Fsp3) is 0.308. The fourth-order valence-electron chi connectivity index (χ4n) is 1.69. The van der Waals surface area contributed by atoms with Crippen molar-refractivity contribution in [1.29, 1.82) is 0 Å². The van der Waals surface area contributed by atoms with Crippen LogP contribution in [0.1, 0.15) is 11.1 Å². The second-order valence-corrected chi connectivity index (χ2v) is 3.65. The van der Waals surface area contributed by atoms with Crippen LogP contribution in [0.25, 0.3) is 0 Å². The molecule has 0 unspecified atom stereocenters. The first kappa shape index (κ1) is 11.5. The van der Waals surface area contributed by atoms with Gasteiger partial charge in [-0.15, -0.1) is 0 Å². The van der Waals surface area contributed by atoms with Gasteiger partial charge in [-0.1, -0.05) is 30.0 Å². The van der Waals surface area contributed by atoms with Crippen molar-refractivity contribution in [2.45, 2.75) is 6.54 Å². The van der Waals surface area contributed by atoms with Gasteiger partial charge in [0.2, 0.25) is 0 Å². The van der Waals surface area contributed by atoms with Crippen molar-refractivity contribution in [3.05, 3.63) is 35.4 Å². The molecular formula is C13H13NO3. The lowest BCUT2D eigenvalue weighted by Gasteiger charge is -2.13. The Morgan fingerprint density at radius 2 is 2.24 bits per heavy atom. The van der Waals surface area contributed by atoms with Gasteiger partial charge in [0.15, 0.2) is 0 Å². The van der Waals surface area contributed by atoms with Crippen LogP contribution in [0.3, 0.4) is 0 Å². The molecule has 1 amide bonds. The van der Waals surface area contributed by atoms with E-state index in [1.807, 2.05) is 24.3 Å². The molecule has 88 valence electrons. The topological polar surface area (TPSA) is 49.8 Å². The highest BCUT2D eigenvalue weighted by Crippen LogP contribution is 2.13. The van der Waals surface area contributed by atoms with Gasteiger partial charge in [0.05, 0.1) is 13.1 Å². The van der Waals surface area contributed by atoms with E-state index in [1.165, 1.54) is 0 Å². The molecule has 0 atom stereocenters. The maximum Gasteiger partial charge on any atom is 0.410 e. The summed E-state index contributed by atoms with van der Waals surface area (Å²) in [5, 5.41) is 8.69. The molecule has 0 aliphatic carbocycles. The minimum Gasteiger partial charge on any atom is -0.448 e. The molecule has 0 saturated carbocycles. The lowest BCUT2D eigenvalue weighted by molar-refractivity contribution is 0.157. The van der Waals surface area contributed by atoms with Crippen molar-refractivity contribution in [2.75, 3.05) is 19.8 Å². The summed E-state index contributed by atoms with van der Waals surface area (Å²) in [6.45, 7) is 1.39. The Balaban J connectivity index is 2.17. The molecule has 1 aliphatic heterocycles. The Kier molecular flexibility index (Phi) is 3.63. The molecular weight excluding hydrogens is 218 g/mol. The molecule has 1 aromatic carbocycles. The van der Waals surface area contributed by atoms with E-state index in [0.717, 1.165) is 11.1 Å². The predicted molar refractivity (Wildman–Crippen MR) is 62.2 cm³/mol. The molecule has 1 saturated heterocycles. The Hall–Kier alpha value is -1.99. The first-order chi connectivity index (χ1) is 8.31. The molecule has 0 radical (unpaired) electrons. The minimum absolute atomic E-state index is 0.167. The normalized spacial score (nSPS) is 14.2. The van der Waals surface area contributed by atoms with Crippen LogP contribution < -0.4 is 0 Å². The van der Waals surface area contributed by atoms with Crippen LogP contribution in [-0.2, 0) is 11.3 Å². The number of hydrogen-bond acceptors (Lipinski definition) is 3. The quantitative estimate of drug-likeness (QED) is 0.772. The summed E-state index contributed by atoms with van der Waals surface area (Å²) in [5.41, 5.74) is 1.80. The third kappa shape index (κ3) is 2.77. The zero-order valence-electron chi connectivity index (χ0n) is 9.35. The van der Waals surface area contributed by atoms with E-state index in [2.05, 4.69) is 11.8 Å². The van der Waals surface area contributed by atoms with E-state index in [0.29, 0.717) is 19.7 Å².